The quantitative estimate of drug-likeness (QED) is 0.181. The van der Waals surface area contributed by atoms with Crippen LogP contribution in [-0.4, -0.2) is 28.7 Å². The van der Waals surface area contributed by atoms with E-state index in [0.717, 1.165) is 66.1 Å². The summed E-state index contributed by atoms with van der Waals surface area (Å²) in [6.07, 6.45) is 5.49. The molecule has 8 heteroatoms. The van der Waals surface area contributed by atoms with Gasteiger partial charge in [-0.15, -0.1) is 0 Å². The van der Waals surface area contributed by atoms with Crippen molar-refractivity contribution in [1.82, 2.24) is 28.7 Å². The van der Waals surface area contributed by atoms with E-state index >= 15 is 4.57 Å². The van der Waals surface area contributed by atoms with Gasteiger partial charge in [0.2, 0.25) is 0 Å². The van der Waals surface area contributed by atoms with Gasteiger partial charge >= 0.3 is 0 Å². The molecule has 7 nitrogen and oxygen atoms in total. The zero-order valence-electron chi connectivity index (χ0n) is 25.1. The van der Waals surface area contributed by atoms with Gasteiger partial charge in [0.05, 0.1) is 33.1 Å². The molecule has 0 saturated carbocycles. The molecule has 0 unspecified atom stereocenters. The first-order valence-electron chi connectivity index (χ1n) is 15.4. The molecule has 0 bridgehead atoms. The molecule has 0 aliphatic heterocycles. The van der Waals surface area contributed by atoms with Crippen molar-refractivity contribution >= 4 is 56.2 Å². The smallest absolute Gasteiger partial charge is 0.171 e. The van der Waals surface area contributed by atoms with Crippen LogP contribution in [0.1, 0.15) is 0 Å². The van der Waals surface area contributed by atoms with Crippen LogP contribution in [0.4, 0.5) is 0 Å². The number of fused-ring (bicyclic) bond motifs is 3. The maximum Gasteiger partial charge on any atom is 0.171 e. The van der Waals surface area contributed by atoms with Gasteiger partial charge in [0.15, 0.2) is 7.14 Å². The van der Waals surface area contributed by atoms with Crippen molar-refractivity contribution in [2.75, 3.05) is 0 Å². The molecule has 224 valence electrons. The number of hydrogen-bond donors (Lipinski definition) is 0. The lowest BCUT2D eigenvalue weighted by Crippen LogP contribution is -2.25. The molecule has 0 amide bonds. The standard InChI is InChI=1S/C39H27N6OP/c46-47(31-19-13-28(14-20-31)43-25-40-34-7-1-4-10-37(34)43,32-21-15-29(16-22-32)44-26-41-35-8-2-5-11-38(35)44)33-23-17-30(18-24-33)45-27-42-36-9-3-6-12-39(36)45/h1-27H. The highest BCUT2D eigenvalue weighted by Crippen LogP contribution is 2.43. The molecule has 9 aromatic rings. The minimum Gasteiger partial charge on any atom is -0.309 e. The third kappa shape index (κ3) is 4.43. The molecule has 0 aliphatic rings. The SMILES string of the molecule is O=P(c1ccc(-n2cnc3ccccc32)cc1)(c1ccc(-n2cnc3ccccc32)cc1)c1ccc(-n2cnc3ccccc32)cc1. The Morgan fingerprint density at radius 1 is 0.362 bits per heavy atom. The first-order valence-corrected chi connectivity index (χ1v) is 17.1. The fraction of sp³-hybridized carbons (Fsp3) is 0. The van der Waals surface area contributed by atoms with Crippen LogP contribution in [0.15, 0.2) is 165 Å². The Morgan fingerprint density at radius 2 is 0.638 bits per heavy atom. The van der Waals surface area contributed by atoms with E-state index in [-0.39, 0.29) is 0 Å². The summed E-state index contributed by atoms with van der Waals surface area (Å²) >= 11 is 0. The number of aromatic nitrogens is 6. The minimum atomic E-state index is -3.29. The van der Waals surface area contributed by atoms with E-state index in [2.05, 4.69) is 46.9 Å². The Labute approximate surface area is 270 Å². The molecule has 0 atom stereocenters. The monoisotopic (exact) mass is 626 g/mol. The van der Waals surface area contributed by atoms with Crippen LogP contribution in [0, 0.1) is 0 Å². The van der Waals surface area contributed by atoms with Crippen molar-refractivity contribution in [2.24, 2.45) is 0 Å². The third-order valence-electron chi connectivity index (χ3n) is 8.84. The van der Waals surface area contributed by atoms with Crippen LogP contribution in [0.25, 0.3) is 50.2 Å². The fourth-order valence-corrected chi connectivity index (χ4v) is 9.01. The maximum absolute atomic E-state index is 15.6. The van der Waals surface area contributed by atoms with Gasteiger partial charge in [0.25, 0.3) is 0 Å². The van der Waals surface area contributed by atoms with Gasteiger partial charge in [0.1, 0.15) is 19.0 Å². The Morgan fingerprint density at radius 3 is 0.936 bits per heavy atom. The normalized spacial score (nSPS) is 11.9. The van der Waals surface area contributed by atoms with Gasteiger partial charge in [-0.05, 0) is 109 Å². The van der Waals surface area contributed by atoms with Gasteiger partial charge in [-0.2, -0.15) is 0 Å². The second-order valence-electron chi connectivity index (χ2n) is 11.5. The second kappa shape index (κ2) is 10.8. The summed E-state index contributed by atoms with van der Waals surface area (Å²) in [6.45, 7) is 0. The molecule has 0 N–H and O–H groups in total. The zero-order chi connectivity index (χ0) is 31.4. The highest BCUT2D eigenvalue weighted by molar-refractivity contribution is 7.85. The number of benzene rings is 6. The van der Waals surface area contributed by atoms with Crippen LogP contribution in [0.2, 0.25) is 0 Å². The Hall–Kier alpha value is -6.04. The highest BCUT2D eigenvalue weighted by atomic mass is 31.2. The summed E-state index contributed by atoms with van der Waals surface area (Å²) in [5.41, 5.74) is 8.73. The van der Waals surface area contributed by atoms with Gasteiger partial charge in [0, 0.05) is 33.0 Å². The van der Waals surface area contributed by atoms with E-state index in [1.165, 1.54) is 0 Å². The Balaban J connectivity index is 1.15. The molecule has 0 fully saturated rings. The second-order valence-corrected chi connectivity index (χ2v) is 14.2. The van der Waals surface area contributed by atoms with Crippen molar-refractivity contribution in [3.63, 3.8) is 0 Å². The lowest BCUT2D eigenvalue weighted by molar-refractivity contribution is 0.592. The van der Waals surface area contributed by atoms with Crippen LogP contribution < -0.4 is 15.9 Å². The fourth-order valence-electron chi connectivity index (χ4n) is 6.41. The van der Waals surface area contributed by atoms with Gasteiger partial charge in [-0.1, -0.05) is 36.4 Å². The molecular formula is C39H27N6OP. The van der Waals surface area contributed by atoms with E-state index in [1.54, 1.807) is 0 Å². The summed E-state index contributed by atoms with van der Waals surface area (Å²) in [5, 5.41) is 2.27. The minimum absolute atomic E-state index is 0.757. The molecular weight excluding hydrogens is 599 g/mol. The lowest BCUT2D eigenvalue weighted by Gasteiger charge is -2.21. The predicted molar refractivity (Wildman–Crippen MR) is 190 cm³/mol. The van der Waals surface area contributed by atoms with E-state index in [4.69, 9.17) is 0 Å². The summed E-state index contributed by atoms with van der Waals surface area (Å²) in [5.74, 6) is 0. The number of imidazole rings is 3. The molecule has 3 aromatic heterocycles. The van der Waals surface area contributed by atoms with Crippen molar-refractivity contribution < 1.29 is 4.57 Å². The first kappa shape index (κ1) is 27.3. The number of nitrogens with zero attached hydrogens (tertiary/aromatic N) is 6. The van der Waals surface area contributed by atoms with E-state index in [9.17, 15) is 0 Å². The topological polar surface area (TPSA) is 70.5 Å². The van der Waals surface area contributed by atoms with E-state index in [1.807, 2.05) is 146 Å². The molecule has 47 heavy (non-hydrogen) atoms. The number of hydrogen-bond acceptors (Lipinski definition) is 4. The molecule has 0 radical (unpaired) electrons. The number of para-hydroxylation sites is 6. The van der Waals surface area contributed by atoms with Crippen LogP contribution in [0.5, 0.6) is 0 Å². The van der Waals surface area contributed by atoms with Crippen molar-refractivity contribution in [1.29, 1.82) is 0 Å². The number of rotatable bonds is 6. The van der Waals surface area contributed by atoms with Gasteiger partial charge < -0.3 is 4.57 Å². The largest absolute Gasteiger partial charge is 0.309 e. The first-order chi connectivity index (χ1) is 23.2. The Kier molecular flexibility index (Phi) is 6.27. The molecule has 9 rings (SSSR count). The zero-order valence-corrected chi connectivity index (χ0v) is 26.0. The van der Waals surface area contributed by atoms with Crippen LogP contribution in [0.3, 0.4) is 0 Å². The van der Waals surface area contributed by atoms with E-state index in [0.29, 0.717) is 0 Å². The summed E-state index contributed by atoms with van der Waals surface area (Å²) in [7, 11) is -3.29. The summed E-state index contributed by atoms with van der Waals surface area (Å²) in [6, 6.07) is 48.2. The van der Waals surface area contributed by atoms with E-state index < -0.39 is 7.14 Å². The summed E-state index contributed by atoms with van der Waals surface area (Å²) < 4.78 is 21.8. The average Bonchev–Trinajstić information content (AvgIpc) is 3.89. The average molecular weight is 627 g/mol. The molecule has 0 saturated heterocycles. The highest BCUT2D eigenvalue weighted by Gasteiger charge is 2.30. The van der Waals surface area contributed by atoms with Crippen LogP contribution in [-0.2, 0) is 4.57 Å². The predicted octanol–water partition coefficient (Wildman–Crippen LogP) is 7.34. The molecule has 6 aromatic carbocycles. The van der Waals surface area contributed by atoms with Crippen molar-refractivity contribution in [2.45, 2.75) is 0 Å². The van der Waals surface area contributed by atoms with Crippen molar-refractivity contribution in [3.05, 3.63) is 165 Å². The molecule has 0 aliphatic carbocycles. The Bertz CT molecular complexity index is 2310. The summed E-state index contributed by atoms with van der Waals surface area (Å²) in [4.78, 5) is 13.7. The van der Waals surface area contributed by atoms with Gasteiger partial charge in [-0.3, -0.25) is 13.7 Å². The van der Waals surface area contributed by atoms with Crippen LogP contribution >= 0.6 is 7.14 Å². The lowest BCUT2D eigenvalue weighted by atomic mass is 10.3. The molecule has 3 heterocycles. The van der Waals surface area contributed by atoms with Gasteiger partial charge in [-0.25, -0.2) is 15.0 Å². The molecule has 0 spiro atoms. The third-order valence-corrected chi connectivity index (χ3v) is 11.9. The maximum atomic E-state index is 15.6. The van der Waals surface area contributed by atoms with Crippen molar-refractivity contribution in [3.8, 4) is 17.1 Å².